The Bertz CT molecular complexity index is 678. The van der Waals surface area contributed by atoms with Gasteiger partial charge < -0.3 is 5.73 Å². The van der Waals surface area contributed by atoms with Crippen LogP contribution >= 0.6 is 11.6 Å². The van der Waals surface area contributed by atoms with Crippen molar-refractivity contribution < 1.29 is 13.7 Å². The number of benzene rings is 2. The van der Waals surface area contributed by atoms with Crippen LogP contribution < -0.4 is 5.73 Å². The van der Waals surface area contributed by atoms with Crippen LogP contribution in [-0.4, -0.2) is 4.92 Å². The van der Waals surface area contributed by atoms with Crippen LogP contribution in [0, 0.1) is 35.6 Å². The van der Waals surface area contributed by atoms with Gasteiger partial charge in [-0.1, -0.05) is 17.7 Å². The average molecular weight is 315 g/mol. The average Bonchev–Trinajstić information content (AvgIpc) is 2.39. The molecule has 2 aromatic carbocycles. The lowest BCUT2D eigenvalue weighted by Gasteiger charge is -1.97. The van der Waals surface area contributed by atoms with Crippen LogP contribution in [0.15, 0.2) is 30.3 Å². The highest BCUT2D eigenvalue weighted by Crippen LogP contribution is 2.24. The van der Waals surface area contributed by atoms with Gasteiger partial charge in [0.05, 0.1) is 10.6 Å². The lowest BCUT2D eigenvalue weighted by molar-refractivity contribution is -0.387. The van der Waals surface area contributed by atoms with E-state index in [2.05, 4.69) is 0 Å². The highest BCUT2D eigenvalue weighted by molar-refractivity contribution is 6.31. The number of halogens is 3. The third kappa shape index (κ3) is 4.68. The zero-order valence-corrected chi connectivity index (χ0v) is 12.1. The molecule has 0 atom stereocenters. The minimum absolute atomic E-state index is 0.193. The van der Waals surface area contributed by atoms with Gasteiger partial charge in [0.1, 0.15) is 5.82 Å². The molecule has 0 bridgehead atoms. The lowest BCUT2D eigenvalue weighted by Crippen LogP contribution is -1.93. The zero-order chi connectivity index (χ0) is 16.2. The minimum Gasteiger partial charge on any atom is -0.396 e. The van der Waals surface area contributed by atoms with Crippen molar-refractivity contribution in [3.63, 3.8) is 0 Å². The van der Waals surface area contributed by atoms with Crippen molar-refractivity contribution in [3.05, 3.63) is 68.2 Å². The number of nitrogen functional groups attached to an aromatic ring is 1. The molecular weight excluding hydrogens is 302 g/mol. The molecule has 0 spiro atoms. The SMILES string of the molecule is Cc1cc([N+](=O)[O-])c(F)cc1Cl.Cc1ccc(F)c(N)c1. The molecule has 0 radical (unpaired) electrons. The normalized spacial score (nSPS) is 9.76. The van der Waals surface area contributed by atoms with Gasteiger partial charge in [0, 0.05) is 11.1 Å². The Balaban J connectivity index is 0.000000219. The van der Waals surface area contributed by atoms with Crippen molar-refractivity contribution >= 4 is 23.0 Å². The highest BCUT2D eigenvalue weighted by Gasteiger charge is 2.15. The first kappa shape index (κ1) is 16.8. The third-order valence-electron chi connectivity index (χ3n) is 2.58. The Morgan fingerprint density at radius 1 is 1.14 bits per heavy atom. The van der Waals surface area contributed by atoms with E-state index in [4.69, 9.17) is 17.3 Å². The van der Waals surface area contributed by atoms with E-state index in [9.17, 15) is 18.9 Å². The van der Waals surface area contributed by atoms with Crippen molar-refractivity contribution in [3.8, 4) is 0 Å². The summed E-state index contributed by atoms with van der Waals surface area (Å²) in [6.07, 6.45) is 0. The van der Waals surface area contributed by atoms with Gasteiger partial charge in [0.2, 0.25) is 5.82 Å². The molecule has 2 N–H and O–H groups in total. The van der Waals surface area contributed by atoms with Crippen LogP contribution in [0.2, 0.25) is 5.02 Å². The van der Waals surface area contributed by atoms with Crippen LogP contribution in [0.5, 0.6) is 0 Å². The quantitative estimate of drug-likeness (QED) is 0.481. The van der Waals surface area contributed by atoms with Crippen LogP contribution in [0.1, 0.15) is 11.1 Å². The van der Waals surface area contributed by atoms with Gasteiger partial charge in [-0.15, -0.1) is 0 Å². The van der Waals surface area contributed by atoms with Crippen molar-refractivity contribution in [2.45, 2.75) is 13.8 Å². The van der Waals surface area contributed by atoms with Gasteiger partial charge in [0.15, 0.2) is 0 Å². The molecule has 2 rings (SSSR count). The summed E-state index contributed by atoms with van der Waals surface area (Å²) in [5.41, 5.74) is 6.39. The molecule has 0 heterocycles. The Morgan fingerprint density at radius 2 is 1.76 bits per heavy atom. The first-order valence-electron chi connectivity index (χ1n) is 5.84. The van der Waals surface area contributed by atoms with Gasteiger partial charge in [-0.3, -0.25) is 10.1 Å². The van der Waals surface area contributed by atoms with Crippen molar-refractivity contribution in [1.82, 2.24) is 0 Å². The predicted octanol–water partition coefficient (Wildman–Crippen LogP) is 4.41. The summed E-state index contributed by atoms with van der Waals surface area (Å²) in [7, 11) is 0. The number of anilines is 1. The van der Waals surface area contributed by atoms with Crippen molar-refractivity contribution in [2.75, 3.05) is 5.73 Å². The van der Waals surface area contributed by atoms with E-state index < -0.39 is 16.4 Å². The molecule has 21 heavy (non-hydrogen) atoms. The van der Waals surface area contributed by atoms with Crippen LogP contribution in [0.3, 0.4) is 0 Å². The molecule has 112 valence electrons. The number of nitrogens with zero attached hydrogens (tertiary/aromatic N) is 1. The fraction of sp³-hybridized carbons (Fsp3) is 0.143. The standard InChI is InChI=1S/C7H5ClFNO2.C7H8FN/c1-4-2-7(10(11)12)6(9)3-5(4)8;1-5-2-3-6(8)7(9)4-5/h2-3H,1H3;2-4H,9H2,1H3. The second kappa shape index (κ2) is 6.99. The molecule has 0 unspecified atom stereocenters. The summed E-state index contributed by atoms with van der Waals surface area (Å²) in [6.45, 7) is 3.45. The van der Waals surface area contributed by atoms with Gasteiger partial charge in [-0.05, 0) is 43.2 Å². The molecule has 2 aromatic rings. The molecule has 0 aliphatic heterocycles. The smallest absolute Gasteiger partial charge is 0.305 e. The largest absolute Gasteiger partial charge is 0.396 e. The summed E-state index contributed by atoms with van der Waals surface area (Å²) in [4.78, 5) is 9.43. The van der Waals surface area contributed by atoms with E-state index in [1.807, 2.05) is 6.92 Å². The summed E-state index contributed by atoms with van der Waals surface area (Å²) in [5, 5.41) is 10.4. The fourth-order valence-corrected chi connectivity index (χ4v) is 1.60. The molecule has 0 aromatic heterocycles. The molecule has 0 aliphatic carbocycles. The first-order chi connectivity index (χ1) is 9.72. The monoisotopic (exact) mass is 314 g/mol. The summed E-state index contributed by atoms with van der Waals surface area (Å²) >= 11 is 5.53. The Kier molecular flexibility index (Phi) is 5.60. The van der Waals surface area contributed by atoms with E-state index in [1.165, 1.54) is 6.07 Å². The van der Waals surface area contributed by atoms with E-state index >= 15 is 0 Å². The first-order valence-corrected chi connectivity index (χ1v) is 6.22. The molecular formula is C14H13ClF2N2O2. The second-order valence-corrected chi connectivity index (χ2v) is 4.74. The van der Waals surface area contributed by atoms with E-state index in [0.717, 1.165) is 17.7 Å². The molecule has 4 nitrogen and oxygen atoms in total. The number of nitro groups is 1. The van der Waals surface area contributed by atoms with Gasteiger partial charge >= 0.3 is 5.69 Å². The Morgan fingerprint density at radius 3 is 2.24 bits per heavy atom. The summed E-state index contributed by atoms with van der Waals surface area (Å²) in [6, 6.07) is 6.71. The number of aryl methyl sites for hydroxylation is 2. The third-order valence-corrected chi connectivity index (χ3v) is 2.98. The molecule has 7 heteroatoms. The Hall–Kier alpha value is -2.21. The minimum atomic E-state index is -0.907. The zero-order valence-electron chi connectivity index (χ0n) is 11.4. The predicted molar refractivity (Wildman–Crippen MR) is 78.4 cm³/mol. The number of hydrogen-bond donors (Lipinski definition) is 1. The van der Waals surface area contributed by atoms with Crippen LogP contribution in [0.4, 0.5) is 20.2 Å². The summed E-state index contributed by atoms with van der Waals surface area (Å²) in [5.74, 6) is -1.25. The number of nitro benzene ring substituents is 1. The van der Waals surface area contributed by atoms with Crippen LogP contribution in [-0.2, 0) is 0 Å². The van der Waals surface area contributed by atoms with Crippen LogP contribution in [0.25, 0.3) is 0 Å². The maximum Gasteiger partial charge on any atom is 0.305 e. The highest BCUT2D eigenvalue weighted by atomic mass is 35.5. The van der Waals surface area contributed by atoms with Gasteiger partial charge in [-0.2, -0.15) is 4.39 Å². The van der Waals surface area contributed by atoms with E-state index in [-0.39, 0.29) is 16.5 Å². The number of rotatable bonds is 1. The fourth-order valence-electron chi connectivity index (χ4n) is 1.45. The maximum absolute atomic E-state index is 12.8. The van der Waals surface area contributed by atoms with Crippen molar-refractivity contribution in [2.24, 2.45) is 0 Å². The maximum atomic E-state index is 12.8. The topological polar surface area (TPSA) is 69.2 Å². The lowest BCUT2D eigenvalue weighted by atomic mass is 10.2. The van der Waals surface area contributed by atoms with Gasteiger partial charge in [-0.25, -0.2) is 4.39 Å². The van der Waals surface area contributed by atoms with E-state index in [1.54, 1.807) is 19.1 Å². The summed E-state index contributed by atoms with van der Waals surface area (Å²) < 4.78 is 25.1. The number of nitrogens with two attached hydrogens (primary N) is 1. The Labute approximate surface area is 125 Å². The molecule has 0 fully saturated rings. The molecule has 0 saturated carbocycles. The van der Waals surface area contributed by atoms with E-state index in [0.29, 0.717) is 5.56 Å². The second-order valence-electron chi connectivity index (χ2n) is 4.33. The van der Waals surface area contributed by atoms with Crippen molar-refractivity contribution in [1.29, 1.82) is 0 Å². The molecule has 0 saturated heterocycles. The number of hydrogen-bond acceptors (Lipinski definition) is 3. The molecule has 0 aliphatic rings. The van der Waals surface area contributed by atoms with Gasteiger partial charge in [0.25, 0.3) is 0 Å². The molecule has 0 amide bonds.